The maximum absolute atomic E-state index is 10.8. The van der Waals surface area contributed by atoms with E-state index in [9.17, 15) is 4.79 Å². The first-order chi connectivity index (χ1) is 7.79. The molecule has 0 unspecified atom stereocenters. The topological polar surface area (TPSA) is 26.3 Å². The number of hydrogen-bond acceptors (Lipinski definition) is 2. The van der Waals surface area contributed by atoms with Gasteiger partial charge in [-0.15, -0.1) is 0 Å². The summed E-state index contributed by atoms with van der Waals surface area (Å²) >= 11 is 5.80. The van der Waals surface area contributed by atoms with Crippen molar-refractivity contribution in [2.24, 2.45) is 5.92 Å². The van der Waals surface area contributed by atoms with Crippen molar-refractivity contribution >= 4 is 17.9 Å². The molecule has 16 heavy (non-hydrogen) atoms. The van der Waals surface area contributed by atoms with Gasteiger partial charge in [0.05, 0.1) is 12.2 Å². The van der Waals surface area contributed by atoms with Gasteiger partial charge in [0, 0.05) is 5.02 Å². The van der Waals surface area contributed by atoms with Gasteiger partial charge in [-0.1, -0.05) is 30.9 Å². The molecule has 1 saturated carbocycles. The Morgan fingerprint density at radius 2 is 2.25 bits per heavy atom. The Hall–Kier alpha value is -1.02. The smallest absolute Gasteiger partial charge is 0.153 e. The molecule has 1 aliphatic carbocycles. The maximum Gasteiger partial charge on any atom is 0.153 e. The van der Waals surface area contributed by atoms with E-state index in [-0.39, 0.29) is 0 Å². The maximum atomic E-state index is 10.8. The van der Waals surface area contributed by atoms with Crippen LogP contribution in [0.2, 0.25) is 5.02 Å². The van der Waals surface area contributed by atoms with Crippen LogP contribution in [-0.4, -0.2) is 12.9 Å². The zero-order chi connectivity index (χ0) is 11.4. The van der Waals surface area contributed by atoms with Crippen molar-refractivity contribution in [2.75, 3.05) is 6.61 Å². The molecule has 0 N–H and O–H groups in total. The molecule has 0 amide bonds. The molecule has 0 heterocycles. The molecular weight excluding hydrogens is 224 g/mol. The molecule has 1 aromatic rings. The molecule has 0 aromatic heterocycles. The summed E-state index contributed by atoms with van der Waals surface area (Å²) < 4.78 is 5.60. The van der Waals surface area contributed by atoms with Gasteiger partial charge in [-0.05, 0) is 30.5 Å². The summed E-state index contributed by atoms with van der Waals surface area (Å²) in [5, 5.41) is 0.563. The van der Waals surface area contributed by atoms with E-state index in [2.05, 4.69) is 0 Å². The first-order valence-corrected chi connectivity index (χ1v) is 6.05. The molecule has 3 heteroatoms. The van der Waals surface area contributed by atoms with E-state index in [4.69, 9.17) is 16.3 Å². The second kappa shape index (κ2) is 5.35. The van der Waals surface area contributed by atoms with Gasteiger partial charge >= 0.3 is 0 Å². The molecule has 1 aliphatic rings. The lowest BCUT2D eigenvalue weighted by Crippen LogP contribution is -2.14. The Kier molecular flexibility index (Phi) is 3.83. The van der Waals surface area contributed by atoms with Crippen molar-refractivity contribution in [3.8, 4) is 5.75 Å². The molecule has 1 fully saturated rings. The number of hydrogen-bond donors (Lipinski definition) is 0. The number of carbonyl (C=O) groups excluding carboxylic acids is 1. The van der Waals surface area contributed by atoms with Gasteiger partial charge in [-0.2, -0.15) is 0 Å². The highest BCUT2D eigenvalue weighted by Crippen LogP contribution is 2.29. The quantitative estimate of drug-likeness (QED) is 0.731. The van der Waals surface area contributed by atoms with Crippen molar-refractivity contribution in [1.82, 2.24) is 0 Å². The number of benzene rings is 1. The van der Waals surface area contributed by atoms with Crippen LogP contribution in [0, 0.1) is 5.92 Å². The Morgan fingerprint density at radius 1 is 1.44 bits per heavy atom. The summed E-state index contributed by atoms with van der Waals surface area (Å²) in [7, 11) is 0. The Balaban J connectivity index is 1.89. The largest absolute Gasteiger partial charge is 0.493 e. The number of ether oxygens (including phenoxy) is 1. The minimum Gasteiger partial charge on any atom is -0.493 e. The molecule has 0 atom stereocenters. The molecule has 86 valence electrons. The van der Waals surface area contributed by atoms with Crippen LogP contribution >= 0.6 is 11.6 Å². The highest BCUT2D eigenvalue weighted by atomic mass is 35.5. The molecule has 0 saturated heterocycles. The summed E-state index contributed by atoms with van der Waals surface area (Å²) in [5.74, 6) is 1.46. The summed E-state index contributed by atoms with van der Waals surface area (Å²) in [5.41, 5.74) is 0.529. The van der Waals surface area contributed by atoms with E-state index in [0.717, 1.165) is 18.6 Å². The van der Waals surface area contributed by atoms with Crippen molar-refractivity contribution in [3.05, 3.63) is 28.8 Å². The number of rotatable bonds is 5. The van der Waals surface area contributed by atoms with Crippen LogP contribution in [0.1, 0.15) is 36.0 Å². The van der Waals surface area contributed by atoms with Crippen LogP contribution in [-0.2, 0) is 0 Å². The fourth-order valence-corrected chi connectivity index (χ4v) is 2.04. The summed E-state index contributed by atoms with van der Waals surface area (Å²) in [6, 6.07) is 5.13. The first-order valence-electron chi connectivity index (χ1n) is 5.67. The number of carbonyl (C=O) groups is 1. The predicted molar refractivity (Wildman–Crippen MR) is 64.3 cm³/mol. The fraction of sp³-hybridized carbons (Fsp3) is 0.462. The lowest BCUT2D eigenvalue weighted by atomic mass is 9.83. The lowest BCUT2D eigenvalue weighted by molar-refractivity contribution is 0.111. The van der Waals surface area contributed by atoms with E-state index >= 15 is 0 Å². The van der Waals surface area contributed by atoms with Crippen molar-refractivity contribution in [1.29, 1.82) is 0 Å². The van der Waals surface area contributed by atoms with Gasteiger partial charge in [-0.3, -0.25) is 4.79 Å². The van der Waals surface area contributed by atoms with Crippen LogP contribution < -0.4 is 4.74 Å². The predicted octanol–water partition coefficient (Wildman–Crippen LogP) is 3.72. The van der Waals surface area contributed by atoms with Crippen LogP contribution in [0.5, 0.6) is 5.75 Å². The van der Waals surface area contributed by atoms with Gasteiger partial charge in [0.2, 0.25) is 0 Å². The van der Waals surface area contributed by atoms with Gasteiger partial charge in [0.15, 0.2) is 6.29 Å². The SMILES string of the molecule is O=Cc1cc(Cl)ccc1OCCC1CCC1. The Bertz CT molecular complexity index is 372. The molecule has 0 spiro atoms. The fourth-order valence-electron chi connectivity index (χ4n) is 1.86. The third-order valence-electron chi connectivity index (χ3n) is 3.11. The molecule has 0 bridgehead atoms. The second-order valence-corrected chi connectivity index (χ2v) is 4.67. The van der Waals surface area contributed by atoms with Gasteiger partial charge in [-0.25, -0.2) is 0 Å². The number of halogens is 1. The monoisotopic (exact) mass is 238 g/mol. The third kappa shape index (κ3) is 2.76. The zero-order valence-corrected chi connectivity index (χ0v) is 9.87. The van der Waals surface area contributed by atoms with Gasteiger partial charge in [0.25, 0.3) is 0 Å². The minimum atomic E-state index is 0.529. The Morgan fingerprint density at radius 3 is 2.88 bits per heavy atom. The normalized spacial score (nSPS) is 15.6. The second-order valence-electron chi connectivity index (χ2n) is 4.23. The average Bonchev–Trinajstić information content (AvgIpc) is 2.23. The molecule has 0 aliphatic heterocycles. The molecule has 2 nitrogen and oxygen atoms in total. The highest BCUT2D eigenvalue weighted by Gasteiger charge is 2.17. The van der Waals surface area contributed by atoms with E-state index in [1.807, 2.05) is 0 Å². The number of aldehydes is 1. The van der Waals surface area contributed by atoms with Gasteiger partial charge < -0.3 is 4.74 Å². The van der Waals surface area contributed by atoms with Crippen molar-refractivity contribution < 1.29 is 9.53 Å². The molecular formula is C13H15ClO2. The highest BCUT2D eigenvalue weighted by molar-refractivity contribution is 6.30. The summed E-state index contributed by atoms with van der Waals surface area (Å²) in [6.45, 7) is 0.688. The zero-order valence-electron chi connectivity index (χ0n) is 9.12. The lowest BCUT2D eigenvalue weighted by Gasteiger charge is -2.25. The third-order valence-corrected chi connectivity index (χ3v) is 3.34. The van der Waals surface area contributed by atoms with Crippen LogP contribution in [0.15, 0.2) is 18.2 Å². The molecule has 2 rings (SSSR count). The van der Waals surface area contributed by atoms with E-state index in [1.54, 1.807) is 18.2 Å². The van der Waals surface area contributed by atoms with Gasteiger partial charge in [0.1, 0.15) is 5.75 Å². The first kappa shape index (κ1) is 11.5. The molecule has 1 aromatic carbocycles. The van der Waals surface area contributed by atoms with E-state index in [1.165, 1.54) is 19.3 Å². The minimum absolute atomic E-state index is 0.529. The molecule has 0 radical (unpaired) electrons. The summed E-state index contributed by atoms with van der Waals surface area (Å²) in [4.78, 5) is 10.8. The average molecular weight is 239 g/mol. The standard InChI is InChI=1S/C13H15ClO2/c14-12-4-5-13(11(8-12)9-15)16-7-6-10-2-1-3-10/h4-5,8-10H,1-3,6-7H2. The van der Waals surface area contributed by atoms with Crippen LogP contribution in [0.4, 0.5) is 0 Å². The van der Waals surface area contributed by atoms with E-state index < -0.39 is 0 Å². The van der Waals surface area contributed by atoms with Crippen LogP contribution in [0.25, 0.3) is 0 Å². The van der Waals surface area contributed by atoms with Crippen molar-refractivity contribution in [2.45, 2.75) is 25.7 Å². The Labute approximate surface area is 101 Å². The van der Waals surface area contributed by atoms with Crippen LogP contribution in [0.3, 0.4) is 0 Å². The van der Waals surface area contributed by atoms with E-state index in [0.29, 0.717) is 22.9 Å². The summed E-state index contributed by atoms with van der Waals surface area (Å²) in [6.07, 6.45) is 5.87. The van der Waals surface area contributed by atoms with Crippen molar-refractivity contribution in [3.63, 3.8) is 0 Å².